The average Bonchev–Trinajstić information content (AvgIpc) is 3.46. The predicted molar refractivity (Wildman–Crippen MR) is 134 cm³/mol. The molecule has 1 saturated heterocycles. The van der Waals surface area contributed by atoms with Gasteiger partial charge in [-0.2, -0.15) is 0 Å². The Bertz CT molecular complexity index is 1480. The molecule has 35 heavy (non-hydrogen) atoms. The van der Waals surface area contributed by atoms with Crippen LogP contribution in [-0.4, -0.2) is 35.1 Å². The number of fused-ring (bicyclic) bond motifs is 2. The first-order chi connectivity index (χ1) is 16.9. The van der Waals surface area contributed by atoms with Gasteiger partial charge < -0.3 is 14.4 Å². The highest BCUT2D eigenvalue weighted by Crippen LogP contribution is 2.47. The highest BCUT2D eigenvalue weighted by Gasteiger charge is 2.37. The van der Waals surface area contributed by atoms with Crippen molar-refractivity contribution in [2.45, 2.75) is 31.7 Å². The van der Waals surface area contributed by atoms with Crippen LogP contribution in [0.25, 0.3) is 27.7 Å². The second-order valence-corrected chi connectivity index (χ2v) is 9.63. The van der Waals surface area contributed by atoms with Crippen molar-refractivity contribution >= 4 is 23.1 Å². The predicted octanol–water partition coefficient (Wildman–Crippen LogP) is 6.14. The Morgan fingerprint density at radius 1 is 1.06 bits per heavy atom. The van der Waals surface area contributed by atoms with E-state index in [1.165, 1.54) is 17.7 Å². The number of aliphatic imine (C=N–C) groups is 1. The number of hydrogen-bond donors (Lipinski definition) is 1. The lowest BCUT2D eigenvalue weighted by atomic mass is 9.76. The Morgan fingerprint density at radius 2 is 1.77 bits per heavy atom. The van der Waals surface area contributed by atoms with Gasteiger partial charge in [-0.25, -0.2) is 9.18 Å². The van der Waals surface area contributed by atoms with Gasteiger partial charge in [0.15, 0.2) is 0 Å². The van der Waals surface area contributed by atoms with Crippen LogP contribution in [0.1, 0.15) is 46.9 Å². The van der Waals surface area contributed by atoms with E-state index in [2.05, 4.69) is 28.6 Å². The lowest BCUT2D eigenvalue weighted by Gasteiger charge is -2.36. The molecule has 0 bridgehead atoms. The fourth-order valence-corrected chi connectivity index (χ4v) is 5.45. The smallest absolute Gasteiger partial charge is 0.335 e. The van der Waals surface area contributed by atoms with Crippen LogP contribution in [0.4, 0.5) is 4.39 Å². The molecule has 0 spiro atoms. The summed E-state index contributed by atoms with van der Waals surface area (Å²) in [7, 11) is 0. The molecule has 1 aromatic heterocycles. The Morgan fingerprint density at radius 3 is 2.46 bits per heavy atom. The summed E-state index contributed by atoms with van der Waals surface area (Å²) >= 11 is 0. The van der Waals surface area contributed by atoms with Crippen LogP contribution in [0.5, 0.6) is 0 Å². The van der Waals surface area contributed by atoms with Gasteiger partial charge in [-0.3, -0.25) is 4.99 Å². The number of hydrogen-bond acceptors (Lipinski definition) is 3. The Balaban J connectivity index is 1.72. The summed E-state index contributed by atoms with van der Waals surface area (Å²) in [5, 5.41) is 10.5. The van der Waals surface area contributed by atoms with Crippen LogP contribution in [0.15, 0.2) is 65.7 Å². The minimum Gasteiger partial charge on any atom is -0.478 e. The van der Waals surface area contributed by atoms with E-state index in [0.29, 0.717) is 19.8 Å². The first-order valence-corrected chi connectivity index (χ1v) is 11.8. The minimum absolute atomic E-state index is 0.189. The summed E-state index contributed by atoms with van der Waals surface area (Å²) in [6, 6.07) is 18.1. The van der Waals surface area contributed by atoms with E-state index >= 15 is 0 Å². The van der Waals surface area contributed by atoms with E-state index in [-0.39, 0.29) is 16.8 Å². The SMILES string of the molecule is CC1(c2c(-c3ccc(C(=O)O)cc3)c3cc4c(cc3n2-c2ccc(F)cc2)C=NC4)CCOCC1. The van der Waals surface area contributed by atoms with Gasteiger partial charge in [-0.05, 0) is 78.1 Å². The van der Waals surface area contributed by atoms with Gasteiger partial charge in [0.25, 0.3) is 0 Å². The zero-order valence-corrected chi connectivity index (χ0v) is 19.4. The molecule has 6 rings (SSSR count). The van der Waals surface area contributed by atoms with Gasteiger partial charge in [0.05, 0.1) is 17.6 Å². The van der Waals surface area contributed by atoms with Crippen molar-refractivity contribution < 1.29 is 19.0 Å². The lowest BCUT2D eigenvalue weighted by molar-refractivity contribution is 0.0548. The molecule has 0 amide bonds. The Labute approximate surface area is 202 Å². The summed E-state index contributed by atoms with van der Waals surface area (Å²) in [5.74, 6) is -1.22. The summed E-state index contributed by atoms with van der Waals surface area (Å²) in [4.78, 5) is 16.0. The third-order valence-corrected chi connectivity index (χ3v) is 7.39. The van der Waals surface area contributed by atoms with Crippen molar-refractivity contribution in [3.8, 4) is 16.8 Å². The summed E-state index contributed by atoms with van der Waals surface area (Å²) in [6.45, 7) is 4.25. The van der Waals surface area contributed by atoms with Gasteiger partial charge in [0.2, 0.25) is 0 Å². The van der Waals surface area contributed by atoms with Crippen molar-refractivity contribution in [2.24, 2.45) is 4.99 Å². The zero-order chi connectivity index (χ0) is 24.2. The summed E-state index contributed by atoms with van der Waals surface area (Å²) in [5.41, 5.74) is 7.44. The number of ether oxygens (including phenoxy) is 1. The molecule has 2 aliphatic heterocycles. The Kier molecular flexibility index (Phi) is 5.07. The number of carboxylic acids is 1. The standard InChI is InChI=1S/C29H25FN2O3/c1-29(10-12-35-13-11-29)27-26(18-2-4-19(5-3-18)28(33)34)24-14-20-16-31-17-21(20)15-25(24)32(27)23-8-6-22(30)7-9-23/h2-9,14-15,17H,10-13,16H2,1H3,(H,33,34). The van der Waals surface area contributed by atoms with Crippen LogP contribution in [0.2, 0.25) is 0 Å². The highest BCUT2D eigenvalue weighted by atomic mass is 19.1. The molecule has 3 heterocycles. The maximum atomic E-state index is 13.9. The maximum Gasteiger partial charge on any atom is 0.335 e. The summed E-state index contributed by atoms with van der Waals surface area (Å²) in [6.07, 6.45) is 3.62. The number of carboxylic acid groups (broad SMARTS) is 1. The fraction of sp³-hybridized carbons (Fsp3) is 0.241. The van der Waals surface area contributed by atoms with E-state index in [1.54, 1.807) is 12.1 Å². The fourth-order valence-electron chi connectivity index (χ4n) is 5.45. The summed E-state index contributed by atoms with van der Waals surface area (Å²) < 4.78 is 21.9. The average molecular weight is 469 g/mol. The first-order valence-electron chi connectivity index (χ1n) is 11.8. The molecule has 0 radical (unpaired) electrons. The second-order valence-electron chi connectivity index (χ2n) is 9.63. The molecule has 3 aromatic carbocycles. The van der Waals surface area contributed by atoms with Crippen molar-refractivity contribution in [1.29, 1.82) is 0 Å². The van der Waals surface area contributed by atoms with E-state index in [9.17, 15) is 14.3 Å². The largest absolute Gasteiger partial charge is 0.478 e. The van der Waals surface area contributed by atoms with Crippen molar-refractivity contribution in [2.75, 3.05) is 13.2 Å². The van der Waals surface area contributed by atoms with Gasteiger partial charge >= 0.3 is 5.97 Å². The van der Waals surface area contributed by atoms with Crippen LogP contribution in [0.3, 0.4) is 0 Å². The number of benzene rings is 3. The van der Waals surface area contributed by atoms with Gasteiger partial charge in [-0.1, -0.05) is 19.1 Å². The zero-order valence-electron chi connectivity index (χ0n) is 19.4. The van der Waals surface area contributed by atoms with Crippen LogP contribution in [0, 0.1) is 5.82 Å². The number of carbonyl (C=O) groups is 1. The van der Waals surface area contributed by atoms with Crippen molar-refractivity contribution in [3.05, 3.63) is 88.9 Å². The van der Waals surface area contributed by atoms with Gasteiger partial charge in [-0.15, -0.1) is 0 Å². The van der Waals surface area contributed by atoms with Crippen LogP contribution >= 0.6 is 0 Å². The van der Waals surface area contributed by atoms with Gasteiger partial charge in [0.1, 0.15) is 5.82 Å². The van der Waals surface area contributed by atoms with Crippen molar-refractivity contribution in [1.82, 2.24) is 4.57 Å². The molecule has 0 unspecified atom stereocenters. The maximum absolute atomic E-state index is 13.9. The molecular formula is C29H25FN2O3. The molecule has 0 aliphatic carbocycles. The number of rotatable bonds is 4. The molecule has 4 aromatic rings. The molecule has 0 saturated carbocycles. The van der Waals surface area contributed by atoms with E-state index in [1.807, 2.05) is 30.5 Å². The Hall–Kier alpha value is -3.77. The molecule has 6 heteroatoms. The van der Waals surface area contributed by atoms with E-state index in [0.717, 1.165) is 51.8 Å². The molecule has 176 valence electrons. The minimum atomic E-state index is -0.947. The third-order valence-electron chi connectivity index (χ3n) is 7.39. The van der Waals surface area contributed by atoms with E-state index in [4.69, 9.17) is 4.74 Å². The van der Waals surface area contributed by atoms with Crippen LogP contribution < -0.4 is 0 Å². The topological polar surface area (TPSA) is 63.8 Å². The van der Waals surface area contributed by atoms with Gasteiger partial charge in [0, 0.05) is 47.2 Å². The lowest BCUT2D eigenvalue weighted by Crippen LogP contribution is -2.33. The quantitative estimate of drug-likeness (QED) is 0.392. The monoisotopic (exact) mass is 468 g/mol. The van der Waals surface area contributed by atoms with E-state index < -0.39 is 5.97 Å². The molecule has 2 aliphatic rings. The number of aromatic nitrogens is 1. The molecular weight excluding hydrogens is 443 g/mol. The van der Waals surface area contributed by atoms with Crippen molar-refractivity contribution in [3.63, 3.8) is 0 Å². The number of aromatic carboxylic acids is 1. The first kappa shape index (κ1) is 21.7. The normalized spacial score (nSPS) is 16.5. The molecule has 1 fully saturated rings. The molecule has 1 N–H and O–H groups in total. The van der Waals surface area contributed by atoms with Crippen LogP contribution in [-0.2, 0) is 16.7 Å². The molecule has 5 nitrogen and oxygen atoms in total. The second kappa shape index (κ2) is 8.17. The molecule has 0 atom stereocenters. The number of halogens is 1. The number of nitrogens with zero attached hydrogens (tertiary/aromatic N) is 2. The highest BCUT2D eigenvalue weighted by molar-refractivity contribution is 6.03. The third kappa shape index (κ3) is 3.56.